The molecule has 5 nitrogen and oxygen atoms in total. The summed E-state index contributed by atoms with van der Waals surface area (Å²) >= 11 is 0. The lowest BCUT2D eigenvalue weighted by Crippen LogP contribution is -2.15. The molecule has 0 N–H and O–H groups in total. The summed E-state index contributed by atoms with van der Waals surface area (Å²) in [5.41, 5.74) is 19.7. The minimum atomic E-state index is -0.226. The van der Waals surface area contributed by atoms with Crippen molar-refractivity contribution in [3.63, 3.8) is 0 Å². The molecule has 0 saturated carbocycles. The molecule has 7 aromatic carbocycles. The molecule has 0 spiro atoms. The number of aromatic nitrogens is 4. The van der Waals surface area contributed by atoms with Gasteiger partial charge in [0, 0.05) is 57.4 Å². The molecule has 0 radical (unpaired) electrons. The lowest BCUT2D eigenvalue weighted by Gasteiger charge is -2.24. The quantitative estimate of drug-likeness (QED) is 0.177. The zero-order valence-corrected chi connectivity index (χ0v) is 35.3. The summed E-state index contributed by atoms with van der Waals surface area (Å²) in [5, 5.41) is 0. The molecule has 12 rings (SSSR count). The van der Waals surface area contributed by atoms with Crippen LogP contribution in [0.5, 0.6) is 11.5 Å². The Kier molecular flexibility index (Phi) is 8.76. The first kappa shape index (κ1) is 37.5. The lowest BCUT2D eigenvalue weighted by atomic mass is 9.81. The number of para-hydroxylation sites is 1. The van der Waals surface area contributed by atoms with Gasteiger partial charge in [0.1, 0.15) is 11.5 Å². The van der Waals surface area contributed by atoms with E-state index in [2.05, 4.69) is 170 Å². The van der Waals surface area contributed by atoms with Crippen molar-refractivity contribution >= 4 is 0 Å². The second kappa shape index (κ2) is 15.0. The zero-order valence-electron chi connectivity index (χ0n) is 35.3. The van der Waals surface area contributed by atoms with E-state index in [1.807, 2.05) is 48.8 Å². The van der Waals surface area contributed by atoms with Crippen LogP contribution in [0.3, 0.4) is 0 Å². The van der Waals surface area contributed by atoms with E-state index in [1.54, 1.807) is 6.20 Å². The number of benzene rings is 7. The van der Waals surface area contributed by atoms with Gasteiger partial charge in [-0.2, -0.15) is 0 Å². The molecule has 302 valence electrons. The zero-order chi connectivity index (χ0) is 42.8. The summed E-state index contributed by atoms with van der Waals surface area (Å²) in [6, 6.07) is 66.4. The van der Waals surface area contributed by atoms with Gasteiger partial charge in [-0.15, -0.1) is 0 Å². The molecule has 10 aromatic rings. The maximum absolute atomic E-state index is 7.31. The van der Waals surface area contributed by atoms with Gasteiger partial charge in [0.05, 0.1) is 17.1 Å². The van der Waals surface area contributed by atoms with Gasteiger partial charge in [-0.05, 0) is 110 Å². The smallest absolute Gasteiger partial charge is 0.160 e. The Balaban J connectivity index is 1.13. The summed E-state index contributed by atoms with van der Waals surface area (Å²) in [4.78, 5) is 19.6. The van der Waals surface area contributed by atoms with Crippen LogP contribution in [0.15, 0.2) is 207 Å². The van der Waals surface area contributed by atoms with E-state index in [-0.39, 0.29) is 5.41 Å². The van der Waals surface area contributed by atoms with Gasteiger partial charge < -0.3 is 4.74 Å². The van der Waals surface area contributed by atoms with Crippen molar-refractivity contribution in [2.24, 2.45) is 0 Å². The second-order valence-corrected chi connectivity index (χ2v) is 17.0. The van der Waals surface area contributed by atoms with Gasteiger partial charge in [0.25, 0.3) is 0 Å². The molecule has 1 aliphatic heterocycles. The molecular weight excluding hydrogens is 781 g/mol. The van der Waals surface area contributed by atoms with E-state index in [0.717, 1.165) is 95.3 Å². The Morgan fingerprint density at radius 2 is 0.953 bits per heavy atom. The Bertz CT molecular complexity index is 3430. The fraction of sp³-hybridized carbons (Fsp3) is 0.0508. The molecule has 4 heterocycles. The summed E-state index contributed by atoms with van der Waals surface area (Å²) in [5.74, 6) is 2.24. The largest absolute Gasteiger partial charge is 0.456 e. The van der Waals surface area contributed by atoms with E-state index in [4.69, 9.17) is 19.7 Å². The van der Waals surface area contributed by atoms with E-state index in [9.17, 15) is 0 Å². The van der Waals surface area contributed by atoms with Crippen molar-refractivity contribution in [2.75, 3.05) is 0 Å². The second-order valence-electron chi connectivity index (χ2n) is 17.0. The van der Waals surface area contributed by atoms with Crippen LogP contribution in [-0.4, -0.2) is 19.9 Å². The molecule has 5 heteroatoms. The fourth-order valence-electron chi connectivity index (χ4n) is 9.68. The summed E-state index contributed by atoms with van der Waals surface area (Å²) in [6.45, 7) is 4.64. The van der Waals surface area contributed by atoms with Gasteiger partial charge in [-0.25, -0.2) is 9.97 Å². The number of hydrogen-bond acceptors (Lipinski definition) is 5. The van der Waals surface area contributed by atoms with Crippen molar-refractivity contribution < 1.29 is 4.74 Å². The average molecular weight is 821 g/mol. The van der Waals surface area contributed by atoms with Gasteiger partial charge >= 0.3 is 0 Å². The van der Waals surface area contributed by atoms with Crippen molar-refractivity contribution in [1.82, 2.24) is 19.9 Å². The summed E-state index contributed by atoms with van der Waals surface area (Å²) in [7, 11) is 0. The molecule has 3 aromatic heterocycles. The van der Waals surface area contributed by atoms with Gasteiger partial charge in [-0.3, -0.25) is 9.97 Å². The average Bonchev–Trinajstić information content (AvgIpc) is 3.58. The highest BCUT2D eigenvalue weighted by molar-refractivity contribution is 6.00. The third kappa shape index (κ3) is 6.24. The predicted molar refractivity (Wildman–Crippen MR) is 259 cm³/mol. The summed E-state index contributed by atoms with van der Waals surface area (Å²) in [6.07, 6.45) is 5.49. The van der Waals surface area contributed by atoms with Crippen LogP contribution in [0.4, 0.5) is 0 Å². The van der Waals surface area contributed by atoms with E-state index >= 15 is 0 Å². The number of fused-ring (bicyclic) bond motifs is 12. The molecule has 1 aliphatic carbocycles. The molecule has 0 fully saturated rings. The van der Waals surface area contributed by atoms with Crippen LogP contribution in [-0.2, 0) is 5.41 Å². The van der Waals surface area contributed by atoms with Crippen molar-refractivity contribution in [3.05, 3.63) is 218 Å². The van der Waals surface area contributed by atoms with Crippen LogP contribution >= 0.6 is 0 Å². The minimum absolute atomic E-state index is 0.226. The SMILES string of the molecule is CC1(C)c2ccccc2-c2cc3c(cc21)Oc1ccccc1-c1ccccc1-c1ccccc1-c1ccc(-c2cc(-c4ccc(-c5cccnc5)nc4)nc(-c4ccccc4)n2)cc1-3. The van der Waals surface area contributed by atoms with E-state index < -0.39 is 0 Å². The monoisotopic (exact) mass is 820 g/mol. The Morgan fingerprint density at radius 1 is 0.359 bits per heavy atom. The van der Waals surface area contributed by atoms with Crippen LogP contribution in [0.2, 0.25) is 0 Å². The van der Waals surface area contributed by atoms with Crippen LogP contribution in [0.1, 0.15) is 25.0 Å². The Morgan fingerprint density at radius 3 is 1.66 bits per heavy atom. The number of hydrogen-bond donors (Lipinski definition) is 0. The van der Waals surface area contributed by atoms with Crippen LogP contribution in [0.25, 0.3) is 101 Å². The molecular formula is C59H40N4O. The molecule has 0 saturated heterocycles. The maximum atomic E-state index is 7.31. The molecule has 0 atom stereocenters. The van der Waals surface area contributed by atoms with Crippen molar-refractivity contribution in [1.29, 1.82) is 0 Å². The standard InChI is InChI=1S/C59H40N4O/c1-59(2)51-24-12-10-22-46(51)49-32-50-48-31-38(54-34-55(63-58(62-54)37-15-4-3-5-16-37)40-27-29-53(61-36-40)39-17-14-30-60-35-39)26-28-45(48)43-20-7-6-18-41(43)42-19-8-9-21-44(42)47-23-11-13-25-56(47)64-57(50)33-52(49)59/h3-36H,1-2H3. The number of ether oxygens (including phenoxy) is 1. The molecule has 0 amide bonds. The van der Waals surface area contributed by atoms with Crippen molar-refractivity contribution in [3.8, 4) is 112 Å². The molecule has 64 heavy (non-hydrogen) atoms. The van der Waals surface area contributed by atoms with E-state index in [1.165, 1.54) is 22.3 Å². The van der Waals surface area contributed by atoms with Gasteiger partial charge in [-0.1, -0.05) is 147 Å². The highest BCUT2D eigenvalue weighted by Gasteiger charge is 2.37. The maximum Gasteiger partial charge on any atom is 0.160 e. The molecule has 2 aliphatic rings. The Hall–Kier alpha value is -8.28. The summed E-state index contributed by atoms with van der Waals surface area (Å²) < 4.78 is 7.31. The lowest BCUT2D eigenvalue weighted by molar-refractivity contribution is 0.484. The molecule has 0 bridgehead atoms. The third-order valence-electron chi connectivity index (χ3n) is 12.9. The first-order valence-electron chi connectivity index (χ1n) is 21.7. The third-order valence-corrected chi connectivity index (χ3v) is 12.9. The number of pyridine rings is 2. The number of rotatable bonds is 4. The Labute approximate surface area is 372 Å². The topological polar surface area (TPSA) is 60.8 Å². The highest BCUT2D eigenvalue weighted by atomic mass is 16.5. The van der Waals surface area contributed by atoms with Crippen LogP contribution < -0.4 is 4.74 Å². The fourth-order valence-corrected chi connectivity index (χ4v) is 9.68. The minimum Gasteiger partial charge on any atom is -0.456 e. The predicted octanol–water partition coefficient (Wildman–Crippen LogP) is 15.0. The molecule has 0 unspecified atom stereocenters. The van der Waals surface area contributed by atoms with Crippen molar-refractivity contribution in [2.45, 2.75) is 19.3 Å². The van der Waals surface area contributed by atoms with Gasteiger partial charge in [0.15, 0.2) is 5.82 Å². The first-order chi connectivity index (χ1) is 31.5. The highest BCUT2D eigenvalue weighted by Crippen LogP contribution is 2.55. The van der Waals surface area contributed by atoms with E-state index in [0.29, 0.717) is 5.82 Å². The van der Waals surface area contributed by atoms with Gasteiger partial charge in [0.2, 0.25) is 0 Å². The normalized spacial score (nSPS) is 12.8. The first-order valence-corrected chi connectivity index (χ1v) is 21.7. The van der Waals surface area contributed by atoms with Crippen LogP contribution in [0, 0.1) is 0 Å². The number of nitrogens with zero attached hydrogens (tertiary/aromatic N) is 4.